The lowest BCUT2D eigenvalue weighted by Crippen LogP contribution is -2.39. The van der Waals surface area contributed by atoms with Crippen LogP contribution >= 0.6 is 31.9 Å². The zero-order valence-corrected chi connectivity index (χ0v) is 8.36. The van der Waals surface area contributed by atoms with Crippen molar-refractivity contribution >= 4 is 31.9 Å². The Kier molecular flexibility index (Phi) is 2.99. The molecule has 0 aliphatic heterocycles. The minimum Gasteiger partial charge on any atom is -0.327 e. The highest BCUT2D eigenvalue weighted by Crippen LogP contribution is 2.28. The molecular formula is C6H11Br2N. The third-order valence-corrected chi connectivity index (χ3v) is 4.83. The minimum absolute atomic E-state index is 0.350. The van der Waals surface area contributed by atoms with E-state index < -0.39 is 0 Å². The predicted octanol–water partition coefficient (Wildman–Crippen LogP) is 2.02. The second-order valence-corrected chi connectivity index (χ2v) is 4.79. The van der Waals surface area contributed by atoms with Gasteiger partial charge in [-0.15, -0.1) is 0 Å². The van der Waals surface area contributed by atoms with Gasteiger partial charge < -0.3 is 5.73 Å². The highest BCUT2D eigenvalue weighted by molar-refractivity contribution is 9.12. The Morgan fingerprint density at radius 3 is 2.33 bits per heavy atom. The van der Waals surface area contributed by atoms with Gasteiger partial charge in [-0.1, -0.05) is 38.3 Å². The van der Waals surface area contributed by atoms with E-state index in [2.05, 4.69) is 31.9 Å². The average Bonchev–Trinajstić information content (AvgIpc) is 1.83. The van der Waals surface area contributed by atoms with E-state index in [0.717, 1.165) is 6.42 Å². The Morgan fingerprint density at radius 1 is 1.22 bits per heavy atom. The van der Waals surface area contributed by atoms with E-state index >= 15 is 0 Å². The van der Waals surface area contributed by atoms with Gasteiger partial charge in [-0.3, -0.25) is 0 Å². The molecule has 0 aromatic carbocycles. The molecule has 2 N–H and O–H groups in total. The van der Waals surface area contributed by atoms with Crippen LogP contribution in [0.15, 0.2) is 0 Å². The molecule has 3 heteroatoms. The lowest BCUT2D eigenvalue weighted by Gasteiger charge is -2.28. The van der Waals surface area contributed by atoms with E-state index in [1.807, 2.05) is 0 Å². The summed E-state index contributed by atoms with van der Waals surface area (Å²) in [6, 6.07) is 0.350. The van der Waals surface area contributed by atoms with Gasteiger partial charge in [0.2, 0.25) is 0 Å². The number of hydrogen-bond acceptors (Lipinski definition) is 1. The predicted molar refractivity (Wildman–Crippen MR) is 47.3 cm³/mol. The van der Waals surface area contributed by atoms with E-state index in [-0.39, 0.29) is 0 Å². The fourth-order valence-electron chi connectivity index (χ4n) is 1.14. The maximum absolute atomic E-state index is 5.79. The summed E-state index contributed by atoms with van der Waals surface area (Å²) < 4.78 is 0. The third-order valence-electron chi connectivity index (χ3n) is 1.77. The molecule has 0 aromatic heterocycles. The smallest absolute Gasteiger partial charge is 0.0422 e. The Labute approximate surface area is 72.6 Å². The monoisotopic (exact) mass is 255 g/mol. The first-order chi connectivity index (χ1) is 4.22. The zero-order chi connectivity index (χ0) is 6.85. The fraction of sp³-hybridized carbons (Fsp3) is 1.00. The van der Waals surface area contributed by atoms with Crippen LogP contribution in [0, 0.1) is 0 Å². The Hall–Kier alpha value is 0.920. The van der Waals surface area contributed by atoms with Crippen molar-refractivity contribution in [2.75, 3.05) is 0 Å². The zero-order valence-electron chi connectivity index (χ0n) is 5.19. The van der Waals surface area contributed by atoms with E-state index in [1.165, 1.54) is 12.8 Å². The molecular weight excluding hydrogens is 246 g/mol. The van der Waals surface area contributed by atoms with Gasteiger partial charge in [0, 0.05) is 15.7 Å². The summed E-state index contributed by atoms with van der Waals surface area (Å²) >= 11 is 7.11. The van der Waals surface area contributed by atoms with Crippen molar-refractivity contribution in [1.82, 2.24) is 0 Å². The van der Waals surface area contributed by atoms with E-state index in [0.29, 0.717) is 15.7 Å². The van der Waals surface area contributed by atoms with Crippen LogP contribution in [0.25, 0.3) is 0 Å². The summed E-state index contributed by atoms with van der Waals surface area (Å²) in [7, 11) is 0. The number of rotatable bonds is 0. The highest BCUT2D eigenvalue weighted by atomic mass is 79.9. The SMILES string of the molecule is NC1CCCC(Br)C1Br. The summed E-state index contributed by atoms with van der Waals surface area (Å²) in [5.41, 5.74) is 5.79. The molecule has 54 valence electrons. The van der Waals surface area contributed by atoms with Gasteiger partial charge in [0.15, 0.2) is 0 Å². The Morgan fingerprint density at radius 2 is 1.89 bits per heavy atom. The Bertz CT molecular complexity index is 87.1. The normalized spacial score (nSPS) is 45.0. The van der Waals surface area contributed by atoms with Crippen LogP contribution in [-0.2, 0) is 0 Å². The second kappa shape index (κ2) is 3.35. The van der Waals surface area contributed by atoms with Gasteiger partial charge in [-0.2, -0.15) is 0 Å². The van der Waals surface area contributed by atoms with Crippen LogP contribution in [-0.4, -0.2) is 15.7 Å². The Balaban J connectivity index is 2.41. The first-order valence-corrected chi connectivity index (χ1v) is 5.08. The standard InChI is InChI=1S/C6H11Br2N/c7-4-2-1-3-5(9)6(4)8/h4-6H,1-3,9H2. The largest absolute Gasteiger partial charge is 0.327 e. The maximum Gasteiger partial charge on any atom is 0.0422 e. The topological polar surface area (TPSA) is 26.0 Å². The van der Waals surface area contributed by atoms with Crippen molar-refractivity contribution in [3.8, 4) is 0 Å². The molecule has 1 saturated carbocycles. The summed E-state index contributed by atoms with van der Waals surface area (Å²) in [4.78, 5) is 1.06. The van der Waals surface area contributed by atoms with Crippen LogP contribution < -0.4 is 5.73 Å². The molecule has 1 nitrogen and oxygen atoms in total. The van der Waals surface area contributed by atoms with Crippen molar-refractivity contribution in [3.05, 3.63) is 0 Å². The van der Waals surface area contributed by atoms with E-state index in [9.17, 15) is 0 Å². The molecule has 0 spiro atoms. The second-order valence-electron chi connectivity index (χ2n) is 2.56. The first-order valence-electron chi connectivity index (χ1n) is 3.25. The molecule has 1 aliphatic rings. The maximum atomic E-state index is 5.79. The van der Waals surface area contributed by atoms with Crippen molar-refractivity contribution in [2.45, 2.75) is 35.0 Å². The molecule has 0 bridgehead atoms. The van der Waals surface area contributed by atoms with Gasteiger partial charge >= 0.3 is 0 Å². The van der Waals surface area contributed by atoms with Gasteiger partial charge in [0.1, 0.15) is 0 Å². The van der Waals surface area contributed by atoms with Crippen molar-refractivity contribution in [1.29, 1.82) is 0 Å². The van der Waals surface area contributed by atoms with Crippen LogP contribution in [0.4, 0.5) is 0 Å². The highest BCUT2D eigenvalue weighted by Gasteiger charge is 2.26. The molecule has 1 rings (SSSR count). The fourth-order valence-corrected chi connectivity index (χ4v) is 2.38. The molecule has 0 saturated heterocycles. The quantitative estimate of drug-likeness (QED) is 0.660. The summed E-state index contributed by atoms with van der Waals surface area (Å²) in [6.45, 7) is 0. The molecule has 1 fully saturated rings. The lowest BCUT2D eigenvalue weighted by molar-refractivity contribution is 0.472. The van der Waals surface area contributed by atoms with Gasteiger partial charge in [-0.25, -0.2) is 0 Å². The average molecular weight is 257 g/mol. The van der Waals surface area contributed by atoms with Gasteiger partial charge in [0.05, 0.1) is 0 Å². The van der Waals surface area contributed by atoms with Crippen LogP contribution in [0.3, 0.4) is 0 Å². The van der Waals surface area contributed by atoms with Gasteiger partial charge in [-0.05, 0) is 12.8 Å². The van der Waals surface area contributed by atoms with E-state index in [4.69, 9.17) is 5.73 Å². The summed E-state index contributed by atoms with van der Waals surface area (Å²) in [5.74, 6) is 0. The molecule has 0 heterocycles. The van der Waals surface area contributed by atoms with Crippen molar-refractivity contribution in [2.24, 2.45) is 5.73 Å². The number of hydrogen-bond donors (Lipinski definition) is 1. The third kappa shape index (κ3) is 1.92. The van der Waals surface area contributed by atoms with Gasteiger partial charge in [0.25, 0.3) is 0 Å². The number of nitrogens with two attached hydrogens (primary N) is 1. The van der Waals surface area contributed by atoms with Crippen LogP contribution in [0.5, 0.6) is 0 Å². The van der Waals surface area contributed by atoms with E-state index in [1.54, 1.807) is 0 Å². The molecule has 1 aliphatic carbocycles. The lowest BCUT2D eigenvalue weighted by atomic mass is 9.96. The summed E-state index contributed by atoms with van der Waals surface area (Å²) in [5, 5.41) is 0. The van der Waals surface area contributed by atoms with Crippen LogP contribution in [0.1, 0.15) is 19.3 Å². The number of alkyl halides is 2. The number of halogens is 2. The minimum atomic E-state index is 0.350. The molecule has 3 atom stereocenters. The summed E-state index contributed by atoms with van der Waals surface area (Å²) in [6.07, 6.45) is 3.68. The molecule has 0 amide bonds. The molecule has 9 heavy (non-hydrogen) atoms. The first kappa shape index (κ1) is 8.02. The van der Waals surface area contributed by atoms with Crippen molar-refractivity contribution < 1.29 is 0 Å². The molecule has 0 radical (unpaired) electrons. The molecule has 0 aromatic rings. The van der Waals surface area contributed by atoms with Crippen molar-refractivity contribution in [3.63, 3.8) is 0 Å². The van der Waals surface area contributed by atoms with Crippen LogP contribution in [0.2, 0.25) is 0 Å². The molecule has 3 unspecified atom stereocenters.